The first-order chi connectivity index (χ1) is 9.56. The van der Waals surface area contributed by atoms with Gasteiger partial charge < -0.3 is 9.88 Å². The second-order valence-electron chi connectivity index (χ2n) is 5.57. The van der Waals surface area contributed by atoms with E-state index in [2.05, 4.69) is 48.0 Å². The average molecular weight is 270 g/mol. The van der Waals surface area contributed by atoms with Crippen molar-refractivity contribution in [3.63, 3.8) is 0 Å². The molecule has 1 heterocycles. The monoisotopic (exact) mass is 270 g/mol. The number of nitrogens with zero attached hydrogens (tertiary/aromatic N) is 1. The lowest BCUT2D eigenvalue weighted by molar-refractivity contribution is -0.122. The van der Waals surface area contributed by atoms with Crippen LogP contribution in [0.1, 0.15) is 38.8 Å². The van der Waals surface area contributed by atoms with Crippen LogP contribution in [0.15, 0.2) is 48.8 Å². The fraction of sp³-hybridized carbons (Fsp3) is 0.353. The molecule has 0 aliphatic rings. The lowest BCUT2D eigenvalue weighted by atomic mass is 10.1. The van der Waals surface area contributed by atoms with Crippen LogP contribution in [-0.4, -0.2) is 10.5 Å². The lowest BCUT2D eigenvalue weighted by Gasteiger charge is -2.16. The summed E-state index contributed by atoms with van der Waals surface area (Å²) in [5, 5.41) is 3.04. The maximum atomic E-state index is 11.8. The largest absolute Gasteiger partial charge is 0.350 e. The molecule has 0 fully saturated rings. The van der Waals surface area contributed by atoms with Gasteiger partial charge in [-0.3, -0.25) is 4.79 Å². The van der Waals surface area contributed by atoms with Gasteiger partial charge in [0.05, 0.1) is 6.04 Å². The summed E-state index contributed by atoms with van der Waals surface area (Å²) < 4.78 is 2.06. The van der Waals surface area contributed by atoms with Crippen LogP contribution in [0.3, 0.4) is 0 Å². The van der Waals surface area contributed by atoms with Crippen LogP contribution in [-0.2, 0) is 4.79 Å². The number of benzene rings is 1. The normalized spacial score (nSPS) is 12.4. The van der Waals surface area contributed by atoms with Gasteiger partial charge in [-0.15, -0.1) is 0 Å². The zero-order chi connectivity index (χ0) is 14.5. The second kappa shape index (κ2) is 6.42. The van der Waals surface area contributed by atoms with Crippen LogP contribution in [0.2, 0.25) is 0 Å². The molecule has 1 atom stereocenters. The Hall–Kier alpha value is -2.03. The molecule has 0 unspecified atom stereocenters. The fourth-order valence-electron chi connectivity index (χ4n) is 2.20. The molecule has 1 aromatic heterocycles. The minimum atomic E-state index is 0.0416. The first-order valence-electron chi connectivity index (χ1n) is 7.09. The van der Waals surface area contributed by atoms with E-state index < -0.39 is 0 Å². The van der Waals surface area contributed by atoms with Crippen LogP contribution in [0.5, 0.6) is 0 Å². The Kier molecular flexibility index (Phi) is 4.61. The molecular formula is C17H22N2O. The number of rotatable bonds is 5. The first kappa shape index (κ1) is 14.4. The summed E-state index contributed by atoms with van der Waals surface area (Å²) in [7, 11) is 0. The molecule has 1 N–H and O–H groups in total. The molecule has 1 amide bonds. The molecule has 2 rings (SSSR count). The summed E-state index contributed by atoms with van der Waals surface area (Å²) in [5.74, 6) is 0.500. The number of hydrogen-bond donors (Lipinski definition) is 1. The fourth-order valence-corrected chi connectivity index (χ4v) is 2.20. The molecule has 0 radical (unpaired) electrons. The maximum Gasteiger partial charge on any atom is 0.220 e. The number of aromatic nitrogens is 1. The lowest BCUT2D eigenvalue weighted by Crippen LogP contribution is -2.27. The number of amides is 1. The Labute approximate surface area is 120 Å². The Morgan fingerprint density at radius 3 is 2.25 bits per heavy atom. The van der Waals surface area contributed by atoms with E-state index in [0.29, 0.717) is 12.3 Å². The third-order valence-corrected chi connectivity index (χ3v) is 3.27. The van der Waals surface area contributed by atoms with Crippen LogP contribution >= 0.6 is 0 Å². The molecule has 3 nitrogen and oxygen atoms in total. The molecule has 0 aliphatic heterocycles. The first-order valence-corrected chi connectivity index (χ1v) is 7.09. The van der Waals surface area contributed by atoms with Crippen LogP contribution in [0.4, 0.5) is 0 Å². The van der Waals surface area contributed by atoms with Gasteiger partial charge in [0.15, 0.2) is 0 Å². The van der Waals surface area contributed by atoms with E-state index in [1.165, 1.54) is 0 Å². The quantitative estimate of drug-likeness (QED) is 0.883. The standard InChI is InChI=1S/C17H22N2O/c1-13(2)12-17(20)18-14(3)15-6-8-16(9-7-15)19-10-4-5-11-19/h4-11,13-14H,12H2,1-3H3,(H,18,20)/t14-/m1/s1. The zero-order valence-corrected chi connectivity index (χ0v) is 12.3. The highest BCUT2D eigenvalue weighted by atomic mass is 16.1. The summed E-state index contributed by atoms with van der Waals surface area (Å²) >= 11 is 0. The van der Waals surface area contributed by atoms with Crippen molar-refractivity contribution in [2.24, 2.45) is 5.92 Å². The van der Waals surface area contributed by atoms with Crippen molar-refractivity contribution < 1.29 is 4.79 Å². The molecular weight excluding hydrogens is 248 g/mol. The molecule has 0 aliphatic carbocycles. The van der Waals surface area contributed by atoms with Crippen molar-refractivity contribution >= 4 is 5.91 Å². The van der Waals surface area contributed by atoms with E-state index in [0.717, 1.165) is 11.3 Å². The second-order valence-corrected chi connectivity index (χ2v) is 5.57. The van der Waals surface area contributed by atoms with Crippen LogP contribution < -0.4 is 5.32 Å². The maximum absolute atomic E-state index is 11.8. The predicted molar refractivity (Wildman–Crippen MR) is 81.8 cm³/mol. The summed E-state index contributed by atoms with van der Waals surface area (Å²) in [4.78, 5) is 11.8. The van der Waals surface area contributed by atoms with E-state index in [1.54, 1.807) is 0 Å². The Balaban J connectivity index is 2.01. The smallest absolute Gasteiger partial charge is 0.220 e. The van der Waals surface area contributed by atoms with Gasteiger partial charge in [-0.1, -0.05) is 26.0 Å². The van der Waals surface area contributed by atoms with Crippen LogP contribution in [0, 0.1) is 5.92 Å². The highest BCUT2D eigenvalue weighted by Crippen LogP contribution is 2.16. The summed E-state index contributed by atoms with van der Waals surface area (Å²) in [6.45, 7) is 6.12. The summed E-state index contributed by atoms with van der Waals surface area (Å²) in [5.41, 5.74) is 2.25. The van der Waals surface area contributed by atoms with E-state index in [9.17, 15) is 4.79 Å². The number of hydrogen-bond acceptors (Lipinski definition) is 1. The molecule has 0 saturated carbocycles. The SMILES string of the molecule is CC(C)CC(=O)N[C@H](C)c1ccc(-n2cccc2)cc1. The minimum absolute atomic E-state index is 0.0416. The van der Waals surface area contributed by atoms with Crippen molar-refractivity contribution in [2.45, 2.75) is 33.2 Å². The number of carbonyl (C=O) groups excluding carboxylic acids is 1. The van der Waals surface area contributed by atoms with Gasteiger partial charge in [0.25, 0.3) is 0 Å². The molecule has 0 spiro atoms. The highest BCUT2D eigenvalue weighted by Gasteiger charge is 2.10. The molecule has 2 aromatic rings. The van der Waals surface area contributed by atoms with Gasteiger partial charge in [-0.2, -0.15) is 0 Å². The summed E-state index contributed by atoms with van der Waals surface area (Å²) in [6.07, 6.45) is 4.61. The highest BCUT2D eigenvalue weighted by molar-refractivity contribution is 5.76. The minimum Gasteiger partial charge on any atom is -0.350 e. The van der Waals surface area contributed by atoms with Crippen LogP contribution in [0.25, 0.3) is 5.69 Å². The molecule has 20 heavy (non-hydrogen) atoms. The molecule has 0 saturated heterocycles. The Morgan fingerprint density at radius 1 is 1.10 bits per heavy atom. The molecule has 1 aromatic carbocycles. The topological polar surface area (TPSA) is 34.0 Å². The third-order valence-electron chi connectivity index (χ3n) is 3.27. The van der Waals surface area contributed by atoms with Gasteiger partial charge in [-0.25, -0.2) is 0 Å². The van der Waals surface area contributed by atoms with Gasteiger partial charge in [0, 0.05) is 24.5 Å². The van der Waals surface area contributed by atoms with Gasteiger partial charge in [0.1, 0.15) is 0 Å². The zero-order valence-electron chi connectivity index (χ0n) is 12.3. The molecule has 0 bridgehead atoms. The average Bonchev–Trinajstić information content (AvgIpc) is 2.91. The van der Waals surface area contributed by atoms with E-state index in [4.69, 9.17) is 0 Å². The van der Waals surface area contributed by atoms with Gasteiger partial charge in [0.2, 0.25) is 5.91 Å². The Morgan fingerprint density at radius 2 is 1.70 bits per heavy atom. The van der Waals surface area contributed by atoms with E-state index in [1.807, 2.05) is 31.5 Å². The van der Waals surface area contributed by atoms with Crippen molar-refractivity contribution in [3.05, 3.63) is 54.4 Å². The number of carbonyl (C=O) groups is 1. The van der Waals surface area contributed by atoms with Crippen molar-refractivity contribution in [2.75, 3.05) is 0 Å². The van der Waals surface area contributed by atoms with E-state index >= 15 is 0 Å². The Bertz CT molecular complexity index is 541. The van der Waals surface area contributed by atoms with Gasteiger partial charge >= 0.3 is 0 Å². The van der Waals surface area contributed by atoms with Crippen molar-refractivity contribution in [3.8, 4) is 5.69 Å². The van der Waals surface area contributed by atoms with Crippen molar-refractivity contribution in [1.29, 1.82) is 0 Å². The van der Waals surface area contributed by atoms with Gasteiger partial charge in [-0.05, 0) is 42.7 Å². The summed E-state index contributed by atoms with van der Waals surface area (Å²) in [6, 6.07) is 12.3. The van der Waals surface area contributed by atoms with Crippen molar-refractivity contribution in [1.82, 2.24) is 9.88 Å². The molecule has 106 valence electrons. The number of nitrogens with one attached hydrogen (secondary N) is 1. The van der Waals surface area contributed by atoms with E-state index in [-0.39, 0.29) is 11.9 Å². The molecule has 3 heteroatoms. The predicted octanol–water partition coefficient (Wildman–Crippen LogP) is 3.70. The third kappa shape index (κ3) is 3.73.